The van der Waals surface area contributed by atoms with E-state index >= 15 is 0 Å². The predicted octanol–water partition coefficient (Wildman–Crippen LogP) is 1.60. The van der Waals surface area contributed by atoms with Gasteiger partial charge in [-0.2, -0.15) is 13.2 Å². The minimum Gasteiger partial charge on any atom is -0.382 e. The average Bonchev–Trinajstić information content (AvgIpc) is 2.70. The lowest BCUT2D eigenvalue weighted by Gasteiger charge is -2.20. The van der Waals surface area contributed by atoms with Crippen LogP contribution in [0.1, 0.15) is 12.5 Å². The zero-order chi connectivity index (χ0) is 18.8. The van der Waals surface area contributed by atoms with Gasteiger partial charge in [-0.25, -0.2) is 4.79 Å². The fourth-order valence-electron chi connectivity index (χ4n) is 2.36. The maximum atomic E-state index is 12.5. The lowest BCUT2D eigenvalue weighted by atomic mass is 10.0. The van der Waals surface area contributed by atoms with Gasteiger partial charge in [-0.3, -0.25) is 14.5 Å². The summed E-state index contributed by atoms with van der Waals surface area (Å²) in [6, 6.07) is 3.06. The highest BCUT2D eigenvalue weighted by atomic mass is 19.4. The van der Waals surface area contributed by atoms with Crippen LogP contribution in [0.2, 0.25) is 0 Å². The molecule has 0 spiro atoms. The zero-order valence-corrected chi connectivity index (χ0v) is 13.4. The first kappa shape index (κ1) is 18.7. The molecule has 1 aliphatic heterocycles. The Morgan fingerprint density at radius 2 is 1.88 bits per heavy atom. The molecule has 1 atom stereocenters. The van der Waals surface area contributed by atoms with Crippen molar-refractivity contribution in [2.75, 3.05) is 25.6 Å². The van der Waals surface area contributed by atoms with Gasteiger partial charge in [-0.05, 0) is 31.2 Å². The summed E-state index contributed by atoms with van der Waals surface area (Å²) in [4.78, 5) is 36.8. The Morgan fingerprint density at radius 1 is 1.28 bits per heavy atom. The smallest absolute Gasteiger partial charge is 0.382 e. The van der Waals surface area contributed by atoms with Crippen molar-refractivity contribution in [1.82, 2.24) is 10.2 Å². The number of nitrogens with zero attached hydrogens (tertiary/aromatic N) is 1. The number of urea groups is 1. The summed E-state index contributed by atoms with van der Waals surface area (Å²) in [7, 11) is 1.37. The van der Waals surface area contributed by atoms with Crippen LogP contribution in [0, 0.1) is 0 Å². The molecule has 1 aromatic carbocycles. The van der Waals surface area contributed by atoms with E-state index in [4.69, 9.17) is 4.74 Å². The number of amides is 4. The number of hydrogen-bond acceptors (Lipinski definition) is 4. The molecule has 10 heteroatoms. The van der Waals surface area contributed by atoms with Crippen molar-refractivity contribution in [2.24, 2.45) is 0 Å². The van der Waals surface area contributed by atoms with Gasteiger partial charge in [-0.1, -0.05) is 0 Å². The zero-order valence-electron chi connectivity index (χ0n) is 13.4. The first-order valence-electron chi connectivity index (χ1n) is 7.17. The van der Waals surface area contributed by atoms with E-state index in [2.05, 4.69) is 10.6 Å². The molecule has 0 bridgehead atoms. The van der Waals surface area contributed by atoms with E-state index < -0.39 is 41.7 Å². The van der Waals surface area contributed by atoms with Gasteiger partial charge in [0.1, 0.15) is 12.1 Å². The minimum atomic E-state index is -4.48. The third kappa shape index (κ3) is 4.08. The fraction of sp³-hybridized carbons (Fsp3) is 0.400. The molecule has 1 aliphatic rings. The molecule has 2 N–H and O–H groups in total. The summed E-state index contributed by atoms with van der Waals surface area (Å²) in [6.07, 6.45) is -4.48. The maximum absolute atomic E-state index is 12.5. The van der Waals surface area contributed by atoms with Gasteiger partial charge in [-0.15, -0.1) is 0 Å². The van der Waals surface area contributed by atoms with E-state index in [9.17, 15) is 27.6 Å². The van der Waals surface area contributed by atoms with Crippen LogP contribution in [0.4, 0.5) is 23.7 Å². The van der Waals surface area contributed by atoms with E-state index in [0.29, 0.717) is 0 Å². The standard InChI is InChI=1S/C15H16F3N3O4/c1-14(8-25-2)12(23)21(13(24)20-14)7-11(22)19-10-5-3-9(4-6-10)15(16,17)18/h3-6H,7-8H2,1-2H3,(H,19,22)(H,20,24)/t14-/m1/s1. The third-order valence-corrected chi connectivity index (χ3v) is 3.58. The van der Waals surface area contributed by atoms with Crippen LogP contribution in [0.25, 0.3) is 0 Å². The Labute approximate surface area is 141 Å². The van der Waals surface area contributed by atoms with E-state index in [-0.39, 0.29) is 12.3 Å². The summed E-state index contributed by atoms with van der Waals surface area (Å²) in [6.45, 7) is 0.837. The molecule has 4 amide bonds. The first-order chi connectivity index (χ1) is 11.6. The lowest BCUT2D eigenvalue weighted by Crippen LogP contribution is -2.48. The van der Waals surface area contributed by atoms with Crippen molar-refractivity contribution in [3.63, 3.8) is 0 Å². The Hall–Kier alpha value is -2.62. The summed E-state index contributed by atoms with van der Waals surface area (Å²) >= 11 is 0. The van der Waals surface area contributed by atoms with Crippen molar-refractivity contribution in [2.45, 2.75) is 18.6 Å². The van der Waals surface area contributed by atoms with Crippen LogP contribution >= 0.6 is 0 Å². The second-order valence-electron chi connectivity index (χ2n) is 5.71. The Balaban J connectivity index is 2.01. The molecule has 1 aromatic rings. The molecule has 0 unspecified atom stereocenters. The molecule has 1 heterocycles. The van der Waals surface area contributed by atoms with Crippen molar-refractivity contribution < 1.29 is 32.3 Å². The summed E-state index contributed by atoms with van der Waals surface area (Å²) in [5, 5.41) is 4.77. The number of alkyl halides is 3. The highest BCUT2D eigenvalue weighted by Gasteiger charge is 2.48. The molecule has 2 rings (SSSR count). The second kappa shape index (κ2) is 6.71. The third-order valence-electron chi connectivity index (χ3n) is 3.58. The lowest BCUT2D eigenvalue weighted by molar-refractivity contribution is -0.137. The van der Waals surface area contributed by atoms with Crippen LogP contribution in [0.3, 0.4) is 0 Å². The molecular weight excluding hydrogens is 343 g/mol. The number of methoxy groups -OCH3 is 1. The van der Waals surface area contributed by atoms with E-state index in [0.717, 1.165) is 29.2 Å². The van der Waals surface area contributed by atoms with Crippen LogP contribution < -0.4 is 10.6 Å². The van der Waals surface area contributed by atoms with Gasteiger partial charge in [0.2, 0.25) is 5.91 Å². The number of imide groups is 1. The first-order valence-corrected chi connectivity index (χ1v) is 7.17. The number of carbonyl (C=O) groups excluding carboxylic acids is 3. The maximum Gasteiger partial charge on any atom is 0.416 e. The van der Waals surface area contributed by atoms with Crippen molar-refractivity contribution in [1.29, 1.82) is 0 Å². The van der Waals surface area contributed by atoms with E-state index in [1.165, 1.54) is 14.0 Å². The summed E-state index contributed by atoms with van der Waals surface area (Å²) < 4.78 is 42.3. The molecule has 0 aliphatic carbocycles. The highest BCUT2D eigenvalue weighted by Crippen LogP contribution is 2.29. The highest BCUT2D eigenvalue weighted by molar-refractivity contribution is 6.10. The van der Waals surface area contributed by atoms with E-state index in [1.54, 1.807) is 0 Å². The van der Waals surface area contributed by atoms with Gasteiger partial charge in [0.05, 0.1) is 12.2 Å². The number of carbonyl (C=O) groups is 3. The number of ether oxygens (including phenoxy) is 1. The number of benzene rings is 1. The normalized spacial score (nSPS) is 20.6. The monoisotopic (exact) mass is 359 g/mol. The van der Waals surface area contributed by atoms with Gasteiger partial charge in [0, 0.05) is 12.8 Å². The molecule has 7 nitrogen and oxygen atoms in total. The Morgan fingerprint density at radius 3 is 2.40 bits per heavy atom. The van der Waals surface area contributed by atoms with Gasteiger partial charge >= 0.3 is 12.2 Å². The largest absolute Gasteiger partial charge is 0.416 e. The van der Waals surface area contributed by atoms with Crippen LogP contribution in [-0.2, 0) is 20.5 Å². The number of halogens is 3. The average molecular weight is 359 g/mol. The van der Waals surface area contributed by atoms with Crippen LogP contribution in [0.15, 0.2) is 24.3 Å². The van der Waals surface area contributed by atoms with Gasteiger partial charge in [0.25, 0.3) is 5.91 Å². The molecule has 1 saturated heterocycles. The fourth-order valence-corrected chi connectivity index (χ4v) is 2.36. The Kier molecular flexibility index (Phi) is 5.02. The van der Waals surface area contributed by atoms with Crippen LogP contribution in [0.5, 0.6) is 0 Å². The van der Waals surface area contributed by atoms with Gasteiger partial charge < -0.3 is 15.4 Å². The number of hydrogen-bond donors (Lipinski definition) is 2. The minimum absolute atomic E-state index is 0.0609. The molecule has 0 saturated carbocycles. The molecule has 0 aromatic heterocycles. The summed E-state index contributed by atoms with van der Waals surface area (Å²) in [5.74, 6) is -1.34. The molecule has 25 heavy (non-hydrogen) atoms. The molecule has 136 valence electrons. The van der Waals surface area contributed by atoms with Crippen molar-refractivity contribution in [3.8, 4) is 0 Å². The van der Waals surface area contributed by atoms with Crippen LogP contribution in [-0.4, -0.2) is 48.5 Å². The number of nitrogens with one attached hydrogen (secondary N) is 2. The quantitative estimate of drug-likeness (QED) is 0.782. The second-order valence-corrected chi connectivity index (χ2v) is 5.71. The number of anilines is 1. The van der Waals surface area contributed by atoms with Crippen molar-refractivity contribution in [3.05, 3.63) is 29.8 Å². The van der Waals surface area contributed by atoms with E-state index in [1.807, 2.05) is 0 Å². The molecular formula is C15H16F3N3O4. The predicted molar refractivity (Wildman–Crippen MR) is 80.6 cm³/mol. The molecule has 1 fully saturated rings. The topological polar surface area (TPSA) is 87.7 Å². The molecule has 0 radical (unpaired) electrons. The number of rotatable bonds is 5. The summed E-state index contributed by atoms with van der Waals surface area (Å²) in [5.41, 5.74) is -2.00. The SMILES string of the molecule is COC[C@@]1(C)NC(=O)N(CC(=O)Nc2ccc(C(F)(F)F)cc2)C1=O. The van der Waals surface area contributed by atoms with Gasteiger partial charge in [0.15, 0.2) is 0 Å². The Bertz CT molecular complexity index is 690. The van der Waals surface area contributed by atoms with Crippen molar-refractivity contribution >= 4 is 23.5 Å².